The maximum Gasteiger partial charge on any atom is 0.310 e. The van der Waals surface area contributed by atoms with Crippen molar-refractivity contribution in [3.63, 3.8) is 0 Å². The van der Waals surface area contributed by atoms with Crippen molar-refractivity contribution in [2.45, 2.75) is 45.4 Å². The molecule has 5 nitrogen and oxygen atoms in total. The zero-order valence-electron chi connectivity index (χ0n) is 14.6. The number of esters is 1. The van der Waals surface area contributed by atoms with E-state index in [4.69, 9.17) is 4.74 Å². The fraction of sp³-hybridized carbons (Fsp3) is 0.882. The van der Waals surface area contributed by atoms with Crippen LogP contribution in [0.2, 0.25) is 0 Å². The lowest BCUT2D eigenvalue weighted by Gasteiger charge is -2.31. The first kappa shape index (κ1) is 18.9. The molecule has 1 saturated carbocycles. The van der Waals surface area contributed by atoms with Crippen LogP contribution in [0, 0.1) is 11.8 Å². The molecule has 1 aliphatic rings. The summed E-state index contributed by atoms with van der Waals surface area (Å²) in [7, 11) is 5.47. The highest BCUT2D eigenvalue weighted by molar-refractivity contribution is 5.80. The first-order valence-electron chi connectivity index (χ1n) is 8.47. The molecule has 128 valence electrons. The molecule has 5 heteroatoms. The largest absolute Gasteiger partial charge is 0.469 e. The Morgan fingerprint density at radius 1 is 1.14 bits per heavy atom. The van der Waals surface area contributed by atoms with Gasteiger partial charge in [-0.05, 0) is 39.9 Å². The van der Waals surface area contributed by atoms with Gasteiger partial charge in [-0.1, -0.05) is 26.2 Å². The summed E-state index contributed by atoms with van der Waals surface area (Å²) in [6.07, 6.45) is 6.45. The predicted molar refractivity (Wildman–Crippen MR) is 87.5 cm³/mol. The van der Waals surface area contributed by atoms with E-state index in [0.717, 1.165) is 45.2 Å². The summed E-state index contributed by atoms with van der Waals surface area (Å²) in [5, 5.41) is 0. The summed E-state index contributed by atoms with van der Waals surface area (Å²) < 4.78 is 4.80. The van der Waals surface area contributed by atoms with Crippen LogP contribution in [0.1, 0.15) is 45.4 Å². The second kappa shape index (κ2) is 9.82. The Kier molecular flexibility index (Phi) is 8.46. The molecule has 0 heterocycles. The van der Waals surface area contributed by atoms with Gasteiger partial charge in [-0.2, -0.15) is 0 Å². The molecule has 1 unspecified atom stereocenters. The normalized spacial score (nSPS) is 17.3. The summed E-state index contributed by atoms with van der Waals surface area (Å²) in [6.45, 7) is 3.96. The number of hydrogen-bond acceptors (Lipinski definition) is 4. The van der Waals surface area contributed by atoms with Gasteiger partial charge >= 0.3 is 5.97 Å². The average Bonchev–Trinajstić information content (AvgIpc) is 2.52. The lowest BCUT2D eigenvalue weighted by atomic mass is 9.88. The lowest BCUT2D eigenvalue weighted by molar-refractivity contribution is -0.147. The molecule has 0 spiro atoms. The Morgan fingerprint density at radius 3 is 2.32 bits per heavy atom. The third-order valence-electron chi connectivity index (χ3n) is 4.40. The van der Waals surface area contributed by atoms with E-state index in [1.807, 2.05) is 25.9 Å². The fourth-order valence-corrected chi connectivity index (χ4v) is 3.08. The minimum Gasteiger partial charge on any atom is -0.469 e. The van der Waals surface area contributed by atoms with Crippen LogP contribution in [-0.4, -0.2) is 62.5 Å². The molecule has 0 bridgehead atoms. The number of carbonyl (C=O) groups is 2. The predicted octanol–water partition coefficient (Wildman–Crippen LogP) is 2.16. The maximum absolute atomic E-state index is 12.8. The van der Waals surface area contributed by atoms with E-state index >= 15 is 0 Å². The quantitative estimate of drug-likeness (QED) is 0.645. The molecule has 1 aliphatic carbocycles. The van der Waals surface area contributed by atoms with E-state index in [9.17, 15) is 9.59 Å². The number of methoxy groups -OCH3 is 1. The smallest absolute Gasteiger partial charge is 0.310 e. The zero-order valence-corrected chi connectivity index (χ0v) is 14.6. The van der Waals surface area contributed by atoms with Crippen molar-refractivity contribution in [1.29, 1.82) is 0 Å². The van der Waals surface area contributed by atoms with Crippen LogP contribution in [0.3, 0.4) is 0 Å². The van der Waals surface area contributed by atoms with Crippen LogP contribution in [0.25, 0.3) is 0 Å². The van der Waals surface area contributed by atoms with E-state index in [1.54, 1.807) is 0 Å². The van der Waals surface area contributed by atoms with Gasteiger partial charge in [0.25, 0.3) is 0 Å². The van der Waals surface area contributed by atoms with Crippen LogP contribution in [-0.2, 0) is 14.3 Å². The summed E-state index contributed by atoms with van der Waals surface area (Å²) >= 11 is 0. The summed E-state index contributed by atoms with van der Waals surface area (Å²) in [6, 6.07) is 0. The molecule has 1 rings (SSSR count). The van der Waals surface area contributed by atoms with Gasteiger partial charge in [0.1, 0.15) is 0 Å². The van der Waals surface area contributed by atoms with E-state index in [1.165, 1.54) is 13.5 Å². The topological polar surface area (TPSA) is 49.9 Å². The molecular formula is C17H32N2O3. The third-order valence-corrected chi connectivity index (χ3v) is 4.40. The van der Waals surface area contributed by atoms with Gasteiger partial charge in [-0.25, -0.2) is 0 Å². The molecule has 0 aromatic heterocycles. The van der Waals surface area contributed by atoms with Gasteiger partial charge in [0, 0.05) is 19.0 Å². The molecule has 0 aliphatic heterocycles. The molecule has 22 heavy (non-hydrogen) atoms. The third kappa shape index (κ3) is 6.34. The Morgan fingerprint density at radius 2 is 1.77 bits per heavy atom. The summed E-state index contributed by atoms with van der Waals surface area (Å²) in [4.78, 5) is 28.4. The number of hydrogen-bond donors (Lipinski definition) is 0. The Hall–Kier alpha value is -1.10. The first-order valence-corrected chi connectivity index (χ1v) is 8.47. The molecule has 1 fully saturated rings. The van der Waals surface area contributed by atoms with E-state index in [-0.39, 0.29) is 23.7 Å². The van der Waals surface area contributed by atoms with Gasteiger partial charge in [0.05, 0.1) is 13.0 Å². The standard InChI is InChI=1S/C17H32N2O3/c1-14(17(21)22-4)13-19(12-8-11-18(2)3)16(20)15-9-6-5-7-10-15/h14-15H,5-13H2,1-4H3. The molecule has 0 N–H and O–H groups in total. The van der Waals surface area contributed by atoms with Crippen molar-refractivity contribution in [2.75, 3.05) is 40.8 Å². The summed E-state index contributed by atoms with van der Waals surface area (Å²) in [5.41, 5.74) is 0. The van der Waals surface area contributed by atoms with Gasteiger partial charge < -0.3 is 14.5 Å². The van der Waals surface area contributed by atoms with Crippen molar-refractivity contribution in [2.24, 2.45) is 11.8 Å². The van der Waals surface area contributed by atoms with Crippen LogP contribution >= 0.6 is 0 Å². The number of ether oxygens (including phenoxy) is 1. The Labute approximate surface area is 135 Å². The van der Waals surface area contributed by atoms with Crippen LogP contribution in [0.4, 0.5) is 0 Å². The van der Waals surface area contributed by atoms with Gasteiger partial charge in [0.2, 0.25) is 5.91 Å². The van der Waals surface area contributed by atoms with E-state index < -0.39 is 0 Å². The highest BCUT2D eigenvalue weighted by Gasteiger charge is 2.28. The molecule has 0 aromatic rings. The molecular weight excluding hydrogens is 280 g/mol. The van der Waals surface area contributed by atoms with Crippen molar-refractivity contribution >= 4 is 11.9 Å². The monoisotopic (exact) mass is 312 g/mol. The van der Waals surface area contributed by atoms with Crippen molar-refractivity contribution in [1.82, 2.24) is 9.80 Å². The zero-order chi connectivity index (χ0) is 16.5. The fourth-order valence-electron chi connectivity index (χ4n) is 3.08. The van der Waals surface area contributed by atoms with Crippen molar-refractivity contribution in [3.05, 3.63) is 0 Å². The highest BCUT2D eigenvalue weighted by atomic mass is 16.5. The summed E-state index contributed by atoms with van der Waals surface area (Å²) in [5.74, 6) is -0.127. The number of rotatable bonds is 8. The van der Waals surface area contributed by atoms with Gasteiger partial charge in [-0.15, -0.1) is 0 Å². The molecule has 0 saturated heterocycles. The van der Waals surface area contributed by atoms with E-state index in [2.05, 4.69) is 4.90 Å². The number of carbonyl (C=O) groups excluding carboxylic acids is 2. The molecule has 0 aromatic carbocycles. The Bertz CT molecular complexity index is 352. The van der Waals surface area contributed by atoms with Crippen LogP contribution in [0.5, 0.6) is 0 Å². The van der Waals surface area contributed by atoms with Crippen LogP contribution < -0.4 is 0 Å². The maximum atomic E-state index is 12.8. The molecule has 1 atom stereocenters. The molecule has 0 radical (unpaired) electrons. The first-order chi connectivity index (χ1) is 10.5. The average molecular weight is 312 g/mol. The van der Waals surface area contributed by atoms with Gasteiger partial charge in [0.15, 0.2) is 0 Å². The minimum atomic E-state index is -0.267. The minimum absolute atomic E-state index is 0.151. The second-order valence-electron chi connectivity index (χ2n) is 6.70. The van der Waals surface area contributed by atoms with Crippen molar-refractivity contribution < 1.29 is 14.3 Å². The SMILES string of the molecule is COC(=O)C(C)CN(CCCN(C)C)C(=O)C1CCCCC1. The van der Waals surface area contributed by atoms with Gasteiger partial charge in [-0.3, -0.25) is 9.59 Å². The molecule has 1 amide bonds. The Balaban J connectivity index is 2.62. The van der Waals surface area contributed by atoms with E-state index in [0.29, 0.717) is 6.54 Å². The lowest BCUT2D eigenvalue weighted by Crippen LogP contribution is -2.42. The van der Waals surface area contributed by atoms with Crippen molar-refractivity contribution in [3.8, 4) is 0 Å². The van der Waals surface area contributed by atoms with Crippen LogP contribution in [0.15, 0.2) is 0 Å². The highest BCUT2D eigenvalue weighted by Crippen LogP contribution is 2.26. The second-order valence-corrected chi connectivity index (χ2v) is 6.70. The number of nitrogens with zero attached hydrogens (tertiary/aromatic N) is 2. The number of amides is 1.